The summed E-state index contributed by atoms with van der Waals surface area (Å²) in [7, 11) is 0. The van der Waals surface area contributed by atoms with Crippen LogP contribution in [-0.2, 0) is 19.1 Å². The highest BCUT2D eigenvalue weighted by atomic mass is 32.1. The lowest BCUT2D eigenvalue weighted by atomic mass is 10.2. The smallest absolute Gasteiger partial charge is 0.342 e. The van der Waals surface area contributed by atoms with E-state index in [4.69, 9.17) is 15.9 Å². The van der Waals surface area contributed by atoms with E-state index in [1.54, 1.807) is 0 Å². The highest BCUT2D eigenvalue weighted by Crippen LogP contribution is 2.23. The quantitative estimate of drug-likeness (QED) is 0.275. The van der Waals surface area contributed by atoms with Crippen LogP contribution in [0.15, 0.2) is 0 Å². The van der Waals surface area contributed by atoms with E-state index in [1.165, 1.54) is 0 Å². The van der Waals surface area contributed by atoms with Crippen LogP contribution in [0.3, 0.4) is 0 Å². The Morgan fingerprint density at radius 2 is 1.60 bits per heavy atom. The van der Waals surface area contributed by atoms with Crippen LogP contribution in [0.1, 0.15) is 0 Å². The van der Waals surface area contributed by atoms with E-state index in [-0.39, 0.29) is 5.48 Å². The minimum Gasteiger partial charge on any atom is -0.412 e. The van der Waals surface area contributed by atoms with Gasteiger partial charge in [0, 0.05) is 0 Å². The summed E-state index contributed by atoms with van der Waals surface area (Å²) >= 11 is 3.69. The van der Waals surface area contributed by atoms with E-state index in [9.17, 15) is 9.59 Å². The predicted molar refractivity (Wildman–Crippen MR) is 48.6 cm³/mol. The number of aliphatic hydroxyl groups excluding tert-OH is 2. The molecule has 0 spiro atoms. The minimum absolute atomic E-state index is 0. The number of esters is 2. The van der Waals surface area contributed by atoms with Gasteiger partial charge < -0.3 is 30.9 Å². The Morgan fingerprint density at radius 1 is 1.27 bits per heavy atom. The topological polar surface area (TPSA) is 151 Å². The number of aliphatic hydroxyl groups is 2. The lowest BCUT2D eigenvalue weighted by Crippen LogP contribution is -2.40. The van der Waals surface area contributed by atoms with E-state index in [0.29, 0.717) is 0 Å². The van der Waals surface area contributed by atoms with Gasteiger partial charge in [-0.3, -0.25) is 0 Å². The molecule has 15 heavy (non-hydrogen) atoms. The minimum atomic E-state index is -1.98. The first-order valence-corrected chi connectivity index (χ1v) is 4.08. The van der Waals surface area contributed by atoms with E-state index in [0.717, 1.165) is 0 Å². The van der Waals surface area contributed by atoms with Gasteiger partial charge in [-0.25, -0.2) is 9.59 Å². The second-order valence-corrected chi connectivity index (χ2v) is 3.33. The first-order chi connectivity index (χ1) is 6.39. The first kappa shape index (κ1) is 14.1. The zero-order valence-electron chi connectivity index (χ0n) is 7.41. The van der Waals surface area contributed by atoms with Gasteiger partial charge in [0.2, 0.25) is 0 Å². The fourth-order valence-electron chi connectivity index (χ4n) is 0.797. The van der Waals surface area contributed by atoms with Crippen molar-refractivity contribution in [1.82, 2.24) is 0 Å². The van der Waals surface area contributed by atoms with Crippen LogP contribution >= 0.6 is 12.6 Å². The van der Waals surface area contributed by atoms with Crippen molar-refractivity contribution in [2.24, 2.45) is 5.73 Å². The summed E-state index contributed by atoms with van der Waals surface area (Å²) in [5.74, 6) is -2.44. The molecule has 0 aromatic rings. The zero-order valence-corrected chi connectivity index (χ0v) is 8.31. The second-order valence-electron chi connectivity index (χ2n) is 2.65. The normalized spacial score (nSPS) is 36.0. The summed E-state index contributed by atoms with van der Waals surface area (Å²) in [6, 6.07) is 0. The van der Waals surface area contributed by atoms with Crippen molar-refractivity contribution in [3.05, 3.63) is 0 Å². The molecule has 88 valence electrons. The number of carbonyl (C=O) groups is 2. The zero-order chi connectivity index (χ0) is 10.9. The Labute approximate surface area is 89.7 Å². The van der Waals surface area contributed by atoms with E-state index in [2.05, 4.69) is 22.1 Å². The van der Waals surface area contributed by atoms with Crippen LogP contribution in [0.5, 0.6) is 0 Å². The number of hydrogen-bond acceptors (Lipinski definition) is 8. The van der Waals surface area contributed by atoms with E-state index in [1.807, 2.05) is 0 Å². The van der Waals surface area contributed by atoms with Crippen LogP contribution in [0.4, 0.5) is 0 Å². The molecule has 0 aromatic heterocycles. The van der Waals surface area contributed by atoms with Gasteiger partial charge in [0.15, 0.2) is 12.2 Å². The molecule has 9 heteroatoms. The molecule has 1 saturated heterocycles. The van der Waals surface area contributed by atoms with Crippen molar-refractivity contribution < 1.29 is 34.8 Å². The summed E-state index contributed by atoms with van der Waals surface area (Å²) in [5.41, 5.74) is 5.13. The maximum atomic E-state index is 11.0. The second kappa shape index (κ2) is 4.77. The van der Waals surface area contributed by atoms with Crippen molar-refractivity contribution in [3.8, 4) is 0 Å². The van der Waals surface area contributed by atoms with Gasteiger partial charge in [0.25, 0.3) is 0 Å². The van der Waals surface area contributed by atoms with Crippen LogP contribution in [0.25, 0.3) is 0 Å². The highest BCUT2D eigenvalue weighted by Gasteiger charge is 2.45. The number of hydrogen-bond donors (Lipinski definition) is 4. The molecule has 6 N–H and O–H groups in total. The van der Waals surface area contributed by atoms with Crippen molar-refractivity contribution in [1.29, 1.82) is 0 Å². The molecular weight excluding hydrogens is 230 g/mol. The Hall–Kier alpha value is -0.870. The van der Waals surface area contributed by atoms with E-state index >= 15 is 0 Å². The SMILES string of the molecule is NCC1(S)OC(=O)C(O)C(O)C(=O)O1.O. The molecule has 2 atom stereocenters. The Morgan fingerprint density at radius 3 is 1.87 bits per heavy atom. The van der Waals surface area contributed by atoms with Gasteiger partial charge in [-0.15, -0.1) is 0 Å². The highest BCUT2D eigenvalue weighted by molar-refractivity contribution is 7.81. The maximum Gasteiger partial charge on any atom is 0.342 e. The summed E-state index contributed by atoms with van der Waals surface area (Å²) in [4.78, 5) is 22.0. The average Bonchev–Trinajstić information content (AvgIpc) is 2.20. The molecule has 0 aromatic carbocycles. The van der Waals surface area contributed by atoms with Gasteiger partial charge in [-0.1, -0.05) is 12.6 Å². The number of ether oxygens (including phenoxy) is 2. The molecule has 1 heterocycles. The average molecular weight is 241 g/mol. The van der Waals surface area contributed by atoms with Crippen LogP contribution in [-0.4, -0.2) is 51.5 Å². The molecule has 0 saturated carbocycles. The molecule has 1 fully saturated rings. The summed E-state index contributed by atoms with van der Waals surface area (Å²) < 4.78 is 8.90. The number of cyclic esters (lactones) is 2. The number of rotatable bonds is 1. The van der Waals surface area contributed by atoms with Crippen molar-refractivity contribution in [2.75, 3.05) is 6.54 Å². The lowest BCUT2D eigenvalue weighted by Gasteiger charge is -2.23. The molecule has 0 amide bonds. The van der Waals surface area contributed by atoms with Gasteiger partial charge >= 0.3 is 17.1 Å². The van der Waals surface area contributed by atoms with Gasteiger partial charge in [0.1, 0.15) is 0 Å². The van der Waals surface area contributed by atoms with Gasteiger partial charge in [-0.05, 0) is 0 Å². The third-order valence-electron chi connectivity index (χ3n) is 1.56. The molecule has 0 aliphatic carbocycles. The van der Waals surface area contributed by atoms with Gasteiger partial charge in [0.05, 0.1) is 6.54 Å². The number of thiol groups is 1. The third kappa shape index (κ3) is 2.79. The maximum absolute atomic E-state index is 11.0. The molecule has 1 rings (SSSR count). The largest absolute Gasteiger partial charge is 0.412 e. The van der Waals surface area contributed by atoms with Crippen LogP contribution in [0.2, 0.25) is 0 Å². The molecule has 1 aliphatic rings. The first-order valence-electron chi connectivity index (χ1n) is 3.64. The Balaban J connectivity index is 0.00000196. The molecule has 0 radical (unpaired) electrons. The fraction of sp³-hybridized carbons (Fsp3) is 0.667. The van der Waals surface area contributed by atoms with Crippen molar-refractivity contribution in [3.63, 3.8) is 0 Å². The molecule has 0 bridgehead atoms. The summed E-state index contributed by atoms with van der Waals surface area (Å²) in [5, 5.41) is 16.1. The van der Waals surface area contributed by atoms with Gasteiger partial charge in [-0.2, -0.15) is 0 Å². The number of nitrogens with two attached hydrogens (primary N) is 1. The summed E-state index contributed by atoms with van der Waals surface area (Å²) in [6.45, 7) is -0.396. The summed E-state index contributed by atoms with van der Waals surface area (Å²) in [6.07, 6.45) is -3.97. The molecule has 2 unspecified atom stereocenters. The Kier molecular flexibility index (Phi) is 4.49. The molecule has 1 aliphatic heterocycles. The Bertz CT molecular complexity index is 248. The third-order valence-corrected chi connectivity index (χ3v) is 1.93. The van der Waals surface area contributed by atoms with E-state index < -0.39 is 35.8 Å². The van der Waals surface area contributed by atoms with Crippen LogP contribution in [0, 0.1) is 0 Å². The number of carbonyl (C=O) groups excluding carboxylic acids is 2. The molecular formula is C6H11NO7S. The lowest BCUT2D eigenvalue weighted by molar-refractivity contribution is -0.190. The molecule has 8 nitrogen and oxygen atoms in total. The predicted octanol–water partition coefficient (Wildman–Crippen LogP) is -3.47. The van der Waals surface area contributed by atoms with Crippen molar-refractivity contribution in [2.45, 2.75) is 17.3 Å². The van der Waals surface area contributed by atoms with Crippen LogP contribution < -0.4 is 5.73 Å². The monoisotopic (exact) mass is 241 g/mol. The fourth-order valence-corrected chi connectivity index (χ4v) is 0.977. The standard InChI is InChI=1S/C6H9NO6S.H2O/c7-1-6(14)12-4(10)2(8)3(9)5(11)13-6;/h2-3,8-9,14H,1,7H2;1H2. The van der Waals surface area contributed by atoms with Crippen molar-refractivity contribution >= 4 is 24.6 Å².